The van der Waals surface area contributed by atoms with Crippen molar-refractivity contribution in [2.45, 2.75) is 26.2 Å². The molecular weight excluding hydrogens is 709 g/mol. The van der Waals surface area contributed by atoms with Gasteiger partial charge in [-0.1, -0.05) is 18.5 Å². The molecule has 0 aliphatic carbocycles. The highest BCUT2D eigenvalue weighted by molar-refractivity contribution is 6.38. The number of carbonyl (C=O) groups excluding carboxylic acids is 3. The Balaban J connectivity index is 1.15. The Kier molecular flexibility index (Phi) is 11.5. The number of ether oxygens (including phenoxy) is 5. The predicted molar refractivity (Wildman–Crippen MR) is 197 cm³/mol. The minimum Gasteiger partial charge on any atom is -0.495 e. The first kappa shape index (κ1) is 37.2. The first-order valence-electron chi connectivity index (χ1n) is 17.0. The third kappa shape index (κ3) is 8.23. The Hall–Kier alpha value is -5.60. The molecule has 2 aliphatic rings. The van der Waals surface area contributed by atoms with Crippen LogP contribution in [0.2, 0.25) is 5.02 Å². The second kappa shape index (κ2) is 16.4. The molecule has 2 saturated heterocycles. The molecule has 0 atom stereocenters. The van der Waals surface area contributed by atoms with E-state index in [1.807, 2.05) is 0 Å². The quantitative estimate of drug-likeness (QED) is 0.0836. The topological polar surface area (TPSA) is 141 Å². The fraction of sp³-hybridized carbons (Fsp3) is 0.316. The van der Waals surface area contributed by atoms with Crippen LogP contribution in [0.3, 0.4) is 0 Å². The van der Waals surface area contributed by atoms with E-state index in [0.717, 1.165) is 44.2 Å². The lowest BCUT2D eigenvalue weighted by Gasteiger charge is -2.30. The maximum Gasteiger partial charge on any atom is 0.336 e. The third-order valence-corrected chi connectivity index (χ3v) is 9.37. The first-order chi connectivity index (χ1) is 25.6. The van der Waals surface area contributed by atoms with Crippen molar-refractivity contribution in [3.05, 3.63) is 77.3 Å². The summed E-state index contributed by atoms with van der Waals surface area (Å²) in [5.74, 6) is -0.318. The van der Waals surface area contributed by atoms with Gasteiger partial charge >= 0.3 is 6.03 Å². The summed E-state index contributed by atoms with van der Waals surface area (Å²) in [4.78, 5) is 46.6. The molecule has 1 aromatic heterocycles. The number of rotatable bonds is 13. The predicted octanol–water partition coefficient (Wildman–Crippen LogP) is 6.93. The number of benzene rings is 3. The summed E-state index contributed by atoms with van der Waals surface area (Å²) in [5.41, 5.74) is 0.324. The van der Waals surface area contributed by atoms with Crippen LogP contribution in [0.15, 0.2) is 66.5 Å². The van der Waals surface area contributed by atoms with Gasteiger partial charge in [0, 0.05) is 54.3 Å². The van der Waals surface area contributed by atoms with E-state index >= 15 is 4.39 Å². The average molecular weight is 748 g/mol. The summed E-state index contributed by atoms with van der Waals surface area (Å²) in [6, 6.07) is 10.9. The number of piperidine rings is 1. The highest BCUT2D eigenvalue weighted by atomic mass is 35.5. The first-order valence-corrected chi connectivity index (χ1v) is 17.3. The van der Waals surface area contributed by atoms with Gasteiger partial charge in [-0.05, 0) is 62.5 Å². The number of nitrogens with zero attached hydrogens (tertiary/aromatic N) is 3. The minimum atomic E-state index is -1.00. The normalized spacial score (nSPS) is 16.2. The van der Waals surface area contributed by atoms with E-state index in [-0.39, 0.29) is 33.6 Å². The number of hydrogen-bond donors (Lipinski definition) is 2. The largest absolute Gasteiger partial charge is 0.495 e. The molecule has 2 N–H and O–H groups in total. The Morgan fingerprint density at radius 2 is 1.68 bits per heavy atom. The summed E-state index contributed by atoms with van der Waals surface area (Å²) < 4.78 is 43.6. The van der Waals surface area contributed by atoms with Gasteiger partial charge in [0.15, 0.2) is 23.1 Å². The van der Waals surface area contributed by atoms with Crippen molar-refractivity contribution in [3.63, 3.8) is 0 Å². The summed E-state index contributed by atoms with van der Waals surface area (Å²) in [5, 5.41) is 5.63. The lowest BCUT2D eigenvalue weighted by Crippen LogP contribution is -2.54. The minimum absolute atomic E-state index is 0.00910. The van der Waals surface area contributed by atoms with Crippen molar-refractivity contribution in [1.29, 1.82) is 0 Å². The number of barbiturate groups is 1. The molecule has 0 saturated carbocycles. The summed E-state index contributed by atoms with van der Waals surface area (Å²) in [7, 11) is 4.24. The van der Waals surface area contributed by atoms with Crippen LogP contribution in [0.4, 0.5) is 20.6 Å². The molecule has 0 spiro atoms. The molecule has 13 nitrogen and oxygen atoms in total. The highest BCUT2D eigenvalue weighted by Crippen LogP contribution is 2.40. The number of hydrogen-bond acceptors (Lipinski definition) is 11. The molecule has 3 heterocycles. The monoisotopic (exact) mass is 747 g/mol. The third-order valence-electron chi connectivity index (χ3n) is 9.07. The Bertz CT molecular complexity index is 2070. The smallest absolute Gasteiger partial charge is 0.336 e. The van der Waals surface area contributed by atoms with Crippen molar-refractivity contribution >= 4 is 51.7 Å². The van der Waals surface area contributed by atoms with Gasteiger partial charge in [-0.25, -0.2) is 14.1 Å². The molecule has 2 aliphatic heterocycles. The molecule has 278 valence electrons. The lowest BCUT2D eigenvalue weighted by atomic mass is 9.99. The highest BCUT2D eigenvalue weighted by Gasteiger charge is 2.39. The molecule has 6 rings (SSSR count). The number of carbonyl (C=O) groups is 3. The Morgan fingerprint density at radius 1 is 0.925 bits per heavy atom. The molecule has 0 bridgehead atoms. The van der Waals surface area contributed by atoms with Gasteiger partial charge in [0.2, 0.25) is 0 Å². The van der Waals surface area contributed by atoms with Gasteiger partial charge in [0.1, 0.15) is 22.8 Å². The SMILES string of the molecule is COc1cc(N2C(=O)NC(=O)/C(=C\Nc3ccc(Oc4ccnc5cc(OCCCN6CCC(C)CC6)c(OC)cc45)c(F)c3)C2=O)c(OC)cc1Cl. The summed E-state index contributed by atoms with van der Waals surface area (Å²) in [6.45, 7) is 6.02. The number of nitrogens with one attached hydrogen (secondary N) is 2. The zero-order chi connectivity index (χ0) is 37.6. The molecule has 15 heteroatoms. The van der Waals surface area contributed by atoms with Gasteiger partial charge < -0.3 is 33.9 Å². The molecular formula is C38H39ClFN5O8. The van der Waals surface area contributed by atoms with Crippen LogP contribution in [0.25, 0.3) is 10.9 Å². The maximum absolute atomic E-state index is 15.4. The van der Waals surface area contributed by atoms with Gasteiger partial charge in [0.05, 0.1) is 44.2 Å². The average Bonchev–Trinajstić information content (AvgIpc) is 3.15. The van der Waals surface area contributed by atoms with Crippen LogP contribution < -0.4 is 39.2 Å². The second-order valence-electron chi connectivity index (χ2n) is 12.6. The number of aromatic nitrogens is 1. The van der Waals surface area contributed by atoms with Gasteiger partial charge in [-0.3, -0.25) is 19.9 Å². The van der Waals surface area contributed by atoms with Crippen LogP contribution >= 0.6 is 11.6 Å². The van der Waals surface area contributed by atoms with Crippen LogP contribution in [0.1, 0.15) is 26.2 Å². The molecule has 4 amide bonds. The van der Waals surface area contributed by atoms with Gasteiger partial charge in [0.25, 0.3) is 11.8 Å². The number of methoxy groups -OCH3 is 3. The van der Waals surface area contributed by atoms with E-state index < -0.39 is 29.2 Å². The fourth-order valence-corrected chi connectivity index (χ4v) is 6.32. The molecule has 4 aromatic rings. The molecule has 0 radical (unpaired) electrons. The van der Waals surface area contributed by atoms with Gasteiger partial charge in [-0.15, -0.1) is 0 Å². The number of halogens is 2. The Labute approximate surface area is 310 Å². The fourth-order valence-electron chi connectivity index (χ4n) is 6.09. The van der Waals surface area contributed by atoms with Crippen molar-refractivity contribution in [3.8, 4) is 34.5 Å². The van der Waals surface area contributed by atoms with E-state index in [9.17, 15) is 14.4 Å². The van der Waals surface area contributed by atoms with E-state index in [0.29, 0.717) is 39.7 Å². The number of pyridine rings is 1. The van der Waals surface area contributed by atoms with E-state index in [2.05, 4.69) is 27.4 Å². The number of likely N-dealkylation sites (tertiary alicyclic amines) is 1. The molecule has 3 aromatic carbocycles. The number of amides is 4. The molecule has 53 heavy (non-hydrogen) atoms. The Morgan fingerprint density at radius 3 is 2.40 bits per heavy atom. The number of anilines is 2. The van der Waals surface area contributed by atoms with Gasteiger partial charge in [-0.2, -0.15) is 0 Å². The van der Waals surface area contributed by atoms with E-state index in [1.54, 1.807) is 31.5 Å². The van der Waals surface area contributed by atoms with E-state index in [4.69, 9.17) is 35.3 Å². The van der Waals surface area contributed by atoms with Crippen LogP contribution in [0, 0.1) is 11.7 Å². The number of imide groups is 2. The second-order valence-corrected chi connectivity index (χ2v) is 13.0. The van der Waals surface area contributed by atoms with Crippen LogP contribution in [-0.4, -0.2) is 75.3 Å². The van der Waals surface area contributed by atoms with Crippen LogP contribution in [-0.2, 0) is 9.59 Å². The standard InChI is InChI=1S/C38H39ClFN5O8/c1-22-9-13-44(14-10-22)12-5-15-52-35-19-28-24(17-34(35)51-4)30(8-11-41-28)53-31-7-6-23(16-27(31)40)42-21-25-36(46)43-38(48)45(37(25)47)29-20-32(49-2)26(39)18-33(29)50-3/h6-8,11,16-22,42H,5,9-10,12-15H2,1-4H3,(H,43,46,48)/b25-21+. The zero-order valence-corrected chi connectivity index (χ0v) is 30.4. The van der Waals surface area contributed by atoms with Crippen molar-refractivity contribution in [2.75, 3.05) is 57.8 Å². The maximum atomic E-state index is 15.4. The molecule has 2 fully saturated rings. The zero-order valence-electron chi connectivity index (χ0n) is 29.7. The van der Waals surface area contributed by atoms with Crippen molar-refractivity contribution < 1.29 is 42.5 Å². The summed E-state index contributed by atoms with van der Waals surface area (Å²) in [6.07, 6.45) is 5.96. The van der Waals surface area contributed by atoms with E-state index in [1.165, 1.54) is 51.3 Å². The van der Waals surface area contributed by atoms with Crippen molar-refractivity contribution in [2.24, 2.45) is 5.92 Å². The molecule has 0 unspecified atom stereocenters. The number of urea groups is 1. The lowest BCUT2D eigenvalue weighted by molar-refractivity contribution is -0.122. The number of fused-ring (bicyclic) bond motifs is 1. The van der Waals surface area contributed by atoms with Crippen molar-refractivity contribution in [1.82, 2.24) is 15.2 Å². The summed E-state index contributed by atoms with van der Waals surface area (Å²) >= 11 is 6.18. The van der Waals surface area contributed by atoms with Crippen LogP contribution in [0.5, 0.6) is 34.5 Å².